The van der Waals surface area contributed by atoms with Crippen LogP contribution < -0.4 is 0 Å². The van der Waals surface area contributed by atoms with Gasteiger partial charge in [0.2, 0.25) is 5.79 Å². The van der Waals surface area contributed by atoms with Gasteiger partial charge in [-0.15, -0.1) is 0 Å². The maximum atomic E-state index is 5.67. The van der Waals surface area contributed by atoms with E-state index in [0.717, 1.165) is 11.3 Å². The van der Waals surface area contributed by atoms with Crippen molar-refractivity contribution in [2.45, 2.75) is 19.1 Å². The van der Waals surface area contributed by atoms with E-state index in [-0.39, 0.29) is 0 Å². The summed E-state index contributed by atoms with van der Waals surface area (Å²) < 4.78 is 16.2. The predicted octanol–water partition coefficient (Wildman–Crippen LogP) is 2.15. The van der Waals surface area contributed by atoms with Gasteiger partial charge in [0.15, 0.2) is 0 Å². The fourth-order valence-corrected chi connectivity index (χ4v) is 1.68. The van der Waals surface area contributed by atoms with Crippen molar-refractivity contribution in [3.05, 3.63) is 35.9 Å². The summed E-state index contributed by atoms with van der Waals surface area (Å²) in [5, 5.41) is 0. The van der Waals surface area contributed by atoms with Crippen LogP contribution in [0.15, 0.2) is 40.9 Å². The fraction of sp³-hybridized carbons (Fsp3) is 0.417. The number of nitrogens with zero attached hydrogens (tertiary/aromatic N) is 1. The SMILES string of the molecule is COC1=C2C=CC=CN=C2CC(C)(OC)O1. The van der Waals surface area contributed by atoms with E-state index in [1.54, 1.807) is 20.4 Å². The number of ether oxygens (including phenoxy) is 3. The number of allylic oxidation sites excluding steroid dienone is 4. The number of aliphatic imine (C=N–C) groups is 1. The lowest BCUT2D eigenvalue weighted by atomic mass is 10.0. The van der Waals surface area contributed by atoms with Crippen LogP contribution in [0.4, 0.5) is 0 Å². The Hall–Kier alpha value is -1.55. The van der Waals surface area contributed by atoms with E-state index in [9.17, 15) is 0 Å². The minimum Gasteiger partial charge on any atom is -0.468 e. The zero-order chi connectivity index (χ0) is 11.6. The molecule has 0 fully saturated rings. The first-order valence-corrected chi connectivity index (χ1v) is 5.11. The van der Waals surface area contributed by atoms with Gasteiger partial charge in [-0.05, 0) is 12.2 Å². The van der Waals surface area contributed by atoms with Gasteiger partial charge in [0.05, 0.1) is 24.8 Å². The van der Waals surface area contributed by atoms with Gasteiger partial charge in [-0.3, -0.25) is 4.99 Å². The summed E-state index contributed by atoms with van der Waals surface area (Å²) in [4.78, 5) is 4.36. The van der Waals surface area contributed by atoms with Crippen LogP contribution in [-0.4, -0.2) is 25.7 Å². The molecule has 0 radical (unpaired) electrons. The minimum absolute atomic E-state index is 0.453. The Bertz CT molecular complexity index is 406. The Morgan fingerprint density at radius 3 is 2.88 bits per heavy atom. The van der Waals surface area contributed by atoms with Gasteiger partial charge in [0.25, 0.3) is 5.95 Å². The predicted molar refractivity (Wildman–Crippen MR) is 60.9 cm³/mol. The summed E-state index contributed by atoms with van der Waals surface area (Å²) in [6.07, 6.45) is 8.06. The van der Waals surface area contributed by atoms with E-state index < -0.39 is 5.79 Å². The van der Waals surface area contributed by atoms with Crippen molar-refractivity contribution in [3.63, 3.8) is 0 Å². The molecular formula is C12H15NO3. The molecular weight excluding hydrogens is 206 g/mol. The average molecular weight is 221 g/mol. The average Bonchev–Trinajstić information content (AvgIpc) is 2.53. The van der Waals surface area contributed by atoms with Crippen LogP contribution >= 0.6 is 0 Å². The van der Waals surface area contributed by atoms with Crippen molar-refractivity contribution < 1.29 is 14.2 Å². The fourth-order valence-electron chi connectivity index (χ4n) is 1.68. The van der Waals surface area contributed by atoms with E-state index in [1.165, 1.54) is 0 Å². The molecule has 0 amide bonds. The van der Waals surface area contributed by atoms with E-state index in [0.29, 0.717) is 12.4 Å². The summed E-state index contributed by atoms with van der Waals surface area (Å²) in [5.41, 5.74) is 1.79. The Morgan fingerprint density at radius 1 is 1.38 bits per heavy atom. The highest BCUT2D eigenvalue weighted by Crippen LogP contribution is 2.32. The highest BCUT2D eigenvalue weighted by Gasteiger charge is 2.37. The number of hydrogen-bond acceptors (Lipinski definition) is 4. The van der Waals surface area contributed by atoms with Crippen molar-refractivity contribution in [1.82, 2.24) is 0 Å². The van der Waals surface area contributed by atoms with Gasteiger partial charge in [-0.25, -0.2) is 0 Å². The molecule has 1 atom stereocenters. The van der Waals surface area contributed by atoms with E-state index >= 15 is 0 Å². The Kier molecular flexibility index (Phi) is 2.83. The number of methoxy groups -OCH3 is 2. The molecule has 0 N–H and O–H groups in total. The van der Waals surface area contributed by atoms with Gasteiger partial charge >= 0.3 is 0 Å². The van der Waals surface area contributed by atoms with E-state index in [4.69, 9.17) is 14.2 Å². The molecule has 0 saturated heterocycles. The summed E-state index contributed by atoms with van der Waals surface area (Å²) in [6, 6.07) is 0. The van der Waals surface area contributed by atoms with Crippen LogP contribution in [0.2, 0.25) is 0 Å². The number of hydrogen-bond donors (Lipinski definition) is 0. The third kappa shape index (κ3) is 1.88. The number of rotatable bonds is 2. The molecule has 2 aliphatic rings. The molecule has 0 aromatic heterocycles. The lowest BCUT2D eigenvalue weighted by Gasteiger charge is -2.34. The zero-order valence-corrected chi connectivity index (χ0v) is 9.69. The zero-order valence-electron chi connectivity index (χ0n) is 9.69. The monoisotopic (exact) mass is 221 g/mol. The second-order valence-corrected chi connectivity index (χ2v) is 3.80. The third-order valence-electron chi connectivity index (χ3n) is 2.64. The first kappa shape index (κ1) is 11.0. The highest BCUT2D eigenvalue weighted by molar-refractivity contribution is 6.04. The lowest BCUT2D eigenvalue weighted by Crippen LogP contribution is -2.38. The maximum Gasteiger partial charge on any atom is 0.290 e. The first-order chi connectivity index (χ1) is 7.68. The molecule has 4 nitrogen and oxygen atoms in total. The quantitative estimate of drug-likeness (QED) is 0.717. The van der Waals surface area contributed by atoms with Crippen LogP contribution in [0.5, 0.6) is 0 Å². The second kappa shape index (κ2) is 4.14. The molecule has 0 spiro atoms. The molecule has 2 heterocycles. The van der Waals surface area contributed by atoms with Gasteiger partial charge in [0, 0.05) is 20.2 Å². The lowest BCUT2D eigenvalue weighted by molar-refractivity contribution is -0.209. The van der Waals surface area contributed by atoms with Crippen LogP contribution in [0, 0.1) is 0 Å². The number of fused-ring (bicyclic) bond motifs is 1. The molecule has 0 aromatic carbocycles. The van der Waals surface area contributed by atoms with Crippen molar-refractivity contribution in [2.75, 3.05) is 14.2 Å². The summed E-state index contributed by atoms with van der Waals surface area (Å²) >= 11 is 0. The van der Waals surface area contributed by atoms with Gasteiger partial charge < -0.3 is 14.2 Å². The van der Waals surface area contributed by atoms with Crippen LogP contribution in [0.25, 0.3) is 0 Å². The van der Waals surface area contributed by atoms with E-state index in [2.05, 4.69) is 4.99 Å². The summed E-state index contributed by atoms with van der Waals surface area (Å²) in [6.45, 7) is 1.86. The molecule has 0 bridgehead atoms. The van der Waals surface area contributed by atoms with Crippen molar-refractivity contribution >= 4 is 5.71 Å². The Labute approximate surface area is 94.9 Å². The smallest absolute Gasteiger partial charge is 0.290 e. The maximum absolute atomic E-state index is 5.67. The standard InChI is InChI=1S/C12H15NO3/c1-12(15-3)8-10-9(11(14-2)16-12)6-4-5-7-13-10/h4-7H,8H2,1-3H3. The second-order valence-electron chi connectivity index (χ2n) is 3.80. The van der Waals surface area contributed by atoms with Crippen molar-refractivity contribution in [1.29, 1.82) is 0 Å². The molecule has 0 saturated carbocycles. The molecule has 1 unspecified atom stereocenters. The van der Waals surface area contributed by atoms with Gasteiger partial charge in [-0.2, -0.15) is 0 Å². The van der Waals surface area contributed by atoms with Crippen LogP contribution in [0.3, 0.4) is 0 Å². The highest BCUT2D eigenvalue weighted by atomic mass is 16.8. The van der Waals surface area contributed by atoms with Crippen LogP contribution in [0.1, 0.15) is 13.3 Å². The summed E-state index contributed by atoms with van der Waals surface area (Å²) in [5.74, 6) is -0.256. The molecule has 2 rings (SSSR count). The summed E-state index contributed by atoms with van der Waals surface area (Å²) in [7, 11) is 3.19. The molecule has 0 aliphatic carbocycles. The molecule has 0 aromatic rings. The topological polar surface area (TPSA) is 40.0 Å². The third-order valence-corrected chi connectivity index (χ3v) is 2.64. The minimum atomic E-state index is -0.709. The largest absolute Gasteiger partial charge is 0.468 e. The Morgan fingerprint density at radius 2 is 2.19 bits per heavy atom. The van der Waals surface area contributed by atoms with Gasteiger partial charge in [0.1, 0.15) is 0 Å². The normalized spacial score (nSPS) is 28.1. The van der Waals surface area contributed by atoms with Crippen molar-refractivity contribution in [3.8, 4) is 0 Å². The van der Waals surface area contributed by atoms with Gasteiger partial charge in [-0.1, -0.05) is 6.08 Å². The Balaban J connectivity index is 2.45. The molecule has 16 heavy (non-hydrogen) atoms. The molecule has 86 valence electrons. The van der Waals surface area contributed by atoms with E-state index in [1.807, 2.05) is 25.2 Å². The molecule has 4 heteroatoms. The van der Waals surface area contributed by atoms with Crippen LogP contribution in [-0.2, 0) is 14.2 Å². The van der Waals surface area contributed by atoms with Crippen molar-refractivity contribution in [2.24, 2.45) is 4.99 Å². The molecule has 2 aliphatic heterocycles. The first-order valence-electron chi connectivity index (χ1n) is 5.11.